The summed E-state index contributed by atoms with van der Waals surface area (Å²) in [5, 5.41) is 6.12. The maximum absolute atomic E-state index is 5.44. The van der Waals surface area contributed by atoms with E-state index in [1.807, 2.05) is 24.7 Å². The van der Waals surface area contributed by atoms with Gasteiger partial charge in [0.25, 0.3) is 0 Å². The zero-order chi connectivity index (χ0) is 16.4. The van der Waals surface area contributed by atoms with Crippen molar-refractivity contribution in [2.45, 2.75) is 32.2 Å². The highest BCUT2D eigenvalue weighted by Crippen LogP contribution is 2.33. The Kier molecular flexibility index (Phi) is 4.36. The van der Waals surface area contributed by atoms with E-state index in [1.54, 1.807) is 17.7 Å². The Hall–Kier alpha value is -2.12. The van der Waals surface area contributed by atoms with Crippen LogP contribution in [-0.2, 0) is 6.54 Å². The van der Waals surface area contributed by atoms with Gasteiger partial charge in [0.1, 0.15) is 6.33 Å². The normalized spacial score (nSPS) is 18.8. The fourth-order valence-corrected chi connectivity index (χ4v) is 3.86. The molecule has 4 rings (SSSR count). The van der Waals surface area contributed by atoms with Crippen LogP contribution in [0.1, 0.15) is 35.8 Å². The van der Waals surface area contributed by atoms with Crippen molar-refractivity contribution >= 4 is 11.3 Å². The zero-order valence-electron chi connectivity index (χ0n) is 13.6. The van der Waals surface area contributed by atoms with Gasteiger partial charge < -0.3 is 4.52 Å². The van der Waals surface area contributed by atoms with E-state index >= 15 is 0 Å². The topological polar surface area (TPSA) is 67.9 Å². The van der Waals surface area contributed by atoms with Crippen LogP contribution in [0.3, 0.4) is 0 Å². The molecule has 0 amide bonds. The summed E-state index contributed by atoms with van der Waals surface area (Å²) in [6.07, 6.45) is 5.75. The van der Waals surface area contributed by atoms with Crippen LogP contribution in [-0.4, -0.2) is 38.1 Å². The molecule has 1 aliphatic heterocycles. The molecule has 1 atom stereocenters. The van der Waals surface area contributed by atoms with Crippen molar-refractivity contribution in [1.29, 1.82) is 0 Å². The Morgan fingerprint density at radius 2 is 2.33 bits per heavy atom. The minimum atomic E-state index is 0.376. The predicted octanol–water partition coefficient (Wildman–Crippen LogP) is 3.28. The third kappa shape index (κ3) is 3.22. The summed E-state index contributed by atoms with van der Waals surface area (Å²) in [5.41, 5.74) is 5.93. The Bertz CT molecular complexity index is 801. The summed E-state index contributed by atoms with van der Waals surface area (Å²) in [6.45, 7) is 4.92. The van der Waals surface area contributed by atoms with Crippen LogP contribution in [0.5, 0.6) is 0 Å². The minimum Gasteiger partial charge on any atom is -0.356 e. The molecule has 1 aliphatic rings. The number of aromatic nitrogens is 4. The van der Waals surface area contributed by atoms with Gasteiger partial charge in [0.15, 0.2) is 5.76 Å². The van der Waals surface area contributed by atoms with Gasteiger partial charge in [0.2, 0.25) is 0 Å². The molecule has 124 valence electrons. The van der Waals surface area contributed by atoms with E-state index < -0.39 is 0 Å². The SMILES string of the molecule is Cc1cc(-c2cncnc2[C@H]2CCCN(Cc3cscn3)C2)on1. The fourth-order valence-electron chi connectivity index (χ4n) is 3.31. The number of hydrogen-bond acceptors (Lipinski definition) is 7. The molecule has 1 fully saturated rings. The summed E-state index contributed by atoms with van der Waals surface area (Å²) >= 11 is 1.65. The highest BCUT2D eigenvalue weighted by Gasteiger charge is 2.26. The van der Waals surface area contributed by atoms with Gasteiger partial charge in [-0.2, -0.15) is 0 Å². The van der Waals surface area contributed by atoms with E-state index in [0.29, 0.717) is 5.92 Å². The molecule has 0 bridgehead atoms. The standard InChI is InChI=1S/C17H19N5OS/c1-12-5-16(23-21-12)15-6-18-10-19-17(15)13-3-2-4-22(7-13)8-14-9-24-11-20-14/h5-6,9-11,13H,2-4,7-8H2,1H3/t13-/m0/s1. The molecular formula is C17H19N5OS. The average molecular weight is 341 g/mol. The molecule has 0 N–H and O–H groups in total. The number of piperidine rings is 1. The first kappa shape index (κ1) is 15.4. The van der Waals surface area contributed by atoms with Gasteiger partial charge >= 0.3 is 0 Å². The molecule has 0 unspecified atom stereocenters. The molecule has 1 saturated heterocycles. The Balaban J connectivity index is 1.57. The van der Waals surface area contributed by atoms with Gasteiger partial charge in [-0.15, -0.1) is 11.3 Å². The van der Waals surface area contributed by atoms with Crippen LogP contribution in [0.2, 0.25) is 0 Å². The Labute approximate surface area is 144 Å². The molecule has 0 aromatic carbocycles. The molecular weight excluding hydrogens is 322 g/mol. The summed E-state index contributed by atoms with van der Waals surface area (Å²) in [6, 6.07) is 1.94. The van der Waals surface area contributed by atoms with Crippen molar-refractivity contribution in [1.82, 2.24) is 25.0 Å². The number of thiazole rings is 1. The zero-order valence-corrected chi connectivity index (χ0v) is 14.4. The Morgan fingerprint density at radius 1 is 1.38 bits per heavy atom. The van der Waals surface area contributed by atoms with Crippen molar-refractivity contribution in [3.63, 3.8) is 0 Å². The first-order valence-electron chi connectivity index (χ1n) is 8.12. The number of nitrogens with zero attached hydrogens (tertiary/aromatic N) is 5. The molecule has 0 radical (unpaired) electrons. The van der Waals surface area contributed by atoms with Crippen molar-refractivity contribution in [2.24, 2.45) is 0 Å². The molecule has 24 heavy (non-hydrogen) atoms. The minimum absolute atomic E-state index is 0.376. The predicted molar refractivity (Wildman–Crippen MR) is 91.6 cm³/mol. The average Bonchev–Trinajstić information content (AvgIpc) is 3.27. The fraction of sp³-hybridized carbons (Fsp3) is 0.412. The van der Waals surface area contributed by atoms with Gasteiger partial charge in [0.05, 0.1) is 28.2 Å². The maximum atomic E-state index is 5.44. The first-order valence-corrected chi connectivity index (χ1v) is 9.07. The van der Waals surface area contributed by atoms with Crippen molar-refractivity contribution in [3.05, 3.63) is 46.6 Å². The molecule has 7 heteroatoms. The molecule has 6 nitrogen and oxygen atoms in total. The lowest BCUT2D eigenvalue weighted by molar-refractivity contribution is 0.197. The molecule has 3 aromatic heterocycles. The molecule has 0 aliphatic carbocycles. The lowest BCUT2D eigenvalue weighted by atomic mass is 9.91. The van der Waals surface area contributed by atoms with E-state index in [0.717, 1.165) is 60.9 Å². The van der Waals surface area contributed by atoms with Crippen molar-refractivity contribution in [3.8, 4) is 11.3 Å². The largest absolute Gasteiger partial charge is 0.356 e. The number of hydrogen-bond donors (Lipinski definition) is 0. The van der Waals surface area contributed by atoms with E-state index in [-0.39, 0.29) is 0 Å². The van der Waals surface area contributed by atoms with Gasteiger partial charge in [0, 0.05) is 36.7 Å². The maximum Gasteiger partial charge on any atom is 0.170 e. The lowest BCUT2D eigenvalue weighted by Crippen LogP contribution is -2.34. The van der Waals surface area contributed by atoms with E-state index in [1.165, 1.54) is 0 Å². The number of aryl methyl sites for hydroxylation is 1. The lowest BCUT2D eigenvalue weighted by Gasteiger charge is -2.32. The van der Waals surface area contributed by atoms with Crippen molar-refractivity contribution in [2.75, 3.05) is 13.1 Å². The second-order valence-electron chi connectivity index (χ2n) is 6.21. The van der Waals surface area contributed by atoms with Crippen LogP contribution in [0.25, 0.3) is 11.3 Å². The van der Waals surface area contributed by atoms with Crippen LogP contribution in [0.15, 0.2) is 34.0 Å². The highest BCUT2D eigenvalue weighted by atomic mass is 32.1. The van der Waals surface area contributed by atoms with Crippen LogP contribution >= 0.6 is 11.3 Å². The smallest absolute Gasteiger partial charge is 0.170 e. The van der Waals surface area contributed by atoms with Gasteiger partial charge in [-0.3, -0.25) is 4.90 Å². The summed E-state index contributed by atoms with van der Waals surface area (Å²) in [5.74, 6) is 1.13. The third-order valence-electron chi connectivity index (χ3n) is 4.40. The molecule has 4 heterocycles. The Morgan fingerprint density at radius 3 is 3.12 bits per heavy atom. The summed E-state index contributed by atoms with van der Waals surface area (Å²) in [7, 11) is 0. The second-order valence-corrected chi connectivity index (χ2v) is 6.93. The summed E-state index contributed by atoms with van der Waals surface area (Å²) < 4.78 is 5.44. The van der Waals surface area contributed by atoms with E-state index in [4.69, 9.17) is 4.52 Å². The molecule has 0 saturated carbocycles. The first-order chi connectivity index (χ1) is 11.8. The van der Waals surface area contributed by atoms with Crippen LogP contribution < -0.4 is 0 Å². The monoisotopic (exact) mass is 341 g/mol. The number of rotatable bonds is 4. The molecule has 0 spiro atoms. The number of likely N-dealkylation sites (tertiary alicyclic amines) is 1. The quantitative estimate of drug-likeness (QED) is 0.725. The highest BCUT2D eigenvalue weighted by molar-refractivity contribution is 7.07. The van der Waals surface area contributed by atoms with Gasteiger partial charge in [-0.1, -0.05) is 5.16 Å². The third-order valence-corrected chi connectivity index (χ3v) is 5.03. The molecule has 3 aromatic rings. The van der Waals surface area contributed by atoms with Crippen LogP contribution in [0.4, 0.5) is 0 Å². The second kappa shape index (κ2) is 6.78. The van der Waals surface area contributed by atoms with Crippen LogP contribution in [0, 0.1) is 6.92 Å². The van der Waals surface area contributed by atoms with Gasteiger partial charge in [-0.05, 0) is 26.3 Å². The van der Waals surface area contributed by atoms with Gasteiger partial charge in [-0.25, -0.2) is 15.0 Å². The van der Waals surface area contributed by atoms with E-state index in [9.17, 15) is 0 Å². The summed E-state index contributed by atoms with van der Waals surface area (Å²) in [4.78, 5) is 15.6. The van der Waals surface area contributed by atoms with Crippen molar-refractivity contribution < 1.29 is 4.52 Å². The van der Waals surface area contributed by atoms with E-state index in [2.05, 4.69) is 30.4 Å².